The van der Waals surface area contributed by atoms with E-state index >= 15 is 4.39 Å². The molecular weight excluding hydrogens is 375 g/mol. The van der Waals surface area contributed by atoms with E-state index in [-0.39, 0.29) is 18.1 Å². The van der Waals surface area contributed by atoms with Crippen molar-refractivity contribution in [3.63, 3.8) is 0 Å². The molecule has 0 amide bonds. The first-order valence-corrected chi connectivity index (χ1v) is 10.6. The average Bonchev–Trinajstić information content (AvgIpc) is 3.03. The number of carbonyl (C=O) groups excluding carboxylic acids is 2. The molecule has 3 saturated carbocycles. The number of rotatable bonds is 1. The highest BCUT2D eigenvalue weighted by Crippen LogP contribution is 2.71. The van der Waals surface area contributed by atoms with Crippen LogP contribution in [0.5, 0.6) is 0 Å². The number of carbonyl (C=O) groups is 2. The summed E-state index contributed by atoms with van der Waals surface area (Å²) in [5, 5.41) is 11.3. The average molecular weight is 404 g/mol. The number of aliphatic hydroxyl groups excluding tert-OH is 1. The summed E-state index contributed by atoms with van der Waals surface area (Å²) in [6.07, 6.45) is 5.47. The molecule has 8 atom stereocenters. The second-order valence-corrected chi connectivity index (χ2v) is 10.5. The molecule has 4 fully saturated rings. The van der Waals surface area contributed by atoms with E-state index < -0.39 is 46.0 Å². The summed E-state index contributed by atoms with van der Waals surface area (Å²) in [7, 11) is 0. The van der Waals surface area contributed by atoms with Crippen LogP contribution in [0.25, 0.3) is 0 Å². The third-order valence-corrected chi connectivity index (χ3v) is 8.89. The lowest BCUT2D eigenvalue weighted by Gasteiger charge is -2.62. The van der Waals surface area contributed by atoms with E-state index in [1.54, 1.807) is 26.8 Å². The van der Waals surface area contributed by atoms with Crippen LogP contribution < -0.4 is 0 Å². The maximum Gasteiger partial charge on any atom is 0.178 e. The Morgan fingerprint density at radius 3 is 2.66 bits per heavy atom. The molecule has 1 N–H and O–H groups in total. The molecule has 5 aliphatic rings. The number of halogens is 1. The van der Waals surface area contributed by atoms with Gasteiger partial charge in [0.05, 0.1) is 12.2 Å². The van der Waals surface area contributed by atoms with E-state index in [0.717, 1.165) is 11.9 Å². The van der Waals surface area contributed by atoms with Gasteiger partial charge in [-0.2, -0.15) is 0 Å². The van der Waals surface area contributed by atoms with E-state index in [0.29, 0.717) is 19.3 Å². The summed E-state index contributed by atoms with van der Waals surface area (Å²) in [4.78, 5) is 24.3. The van der Waals surface area contributed by atoms with Crippen LogP contribution in [0.3, 0.4) is 0 Å². The standard InChI is InChI=1S/C23H29FO5/c1-19(2)28-18-10-16-15-6-5-13-9-14(26)7-8-20(13,3)23(15,24)17(27)11-21(16,4)22(18,12-25)29-19/h7-9,12,15-18,27H,5-6,10-11H2,1-4H3/t15-,16-,17-,18+,20-,21-,22+,23-/m0/s1. The third-order valence-electron chi connectivity index (χ3n) is 8.89. The molecule has 0 aromatic heterocycles. The first-order valence-electron chi connectivity index (χ1n) is 10.6. The largest absolute Gasteiger partial charge is 0.390 e. The van der Waals surface area contributed by atoms with Gasteiger partial charge in [0.25, 0.3) is 0 Å². The molecule has 4 aliphatic carbocycles. The van der Waals surface area contributed by atoms with Gasteiger partial charge in [-0.1, -0.05) is 18.6 Å². The zero-order valence-corrected chi connectivity index (χ0v) is 17.4. The highest BCUT2D eigenvalue weighted by Gasteiger charge is 2.78. The van der Waals surface area contributed by atoms with Gasteiger partial charge in [-0.25, -0.2) is 4.39 Å². The van der Waals surface area contributed by atoms with Gasteiger partial charge in [-0.05, 0) is 64.5 Å². The van der Waals surface area contributed by atoms with Crippen molar-refractivity contribution < 1.29 is 28.6 Å². The smallest absolute Gasteiger partial charge is 0.178 e. The normalized spacial score (nSPS) is 54.8. The lowest BCUT2D eigenvalue weighted by molar-refractivity contribution is -0.242. The highest BCUT2D eigenvalue weighted by molar-refractivity contribution is 6.01. The SMILES string of the molecule is CC1(C)O[C@@H]2C[C@H]3[C@@H]4CCC5=CC(=O)C=C[C@]5(C)[C@@]4(F)[C@@H](O)C[C@]3(C)[C@]2(C=O)O1. The quantitative estimate of drug-likeness (QED) is 0.680. The minimum atomic E-state index is -1.91. The van der Waals surface area contributed by atoms with Gasteiger partial charge < -0.3 is 14.6 Å². The van der Waals surface area contributed by atoms with Crippen LogP contribution in [0.2, 0.25) is 0 Å². The van der Waals surface area contributed by atoms with Gasteiger partial charge in [0.15, 0.2) is 29.1 Å². The Bertz CT molecular complexity index is 863. The Hall–Kier alpha value is -1.37. The molecular formula is C23H29FO5. The van der Waals surface area contributed by atoms with Crippen LogP contribution in [-0.2, 0) is 19.1 Å². The van der Waals surface area contributed by atoms with E-state index in [9.17, 15) is 14.7 Å². The summed E-state index contributed by atoms with van der Waals surface area (Å²) in [5.41, 5.74) is -4.09. The van der Waals surface area contributed by atoms with Gasteiger partial charge in [0, 0.05) is 16.7 Å². The third kappa shape index (κ3) is 2.06. The zero-order valence-electron chi connectivity index (χ0n) is 17.4. The molecule has 1 saturated heterocycles. The Kier molecular flexibility index (Phi) is 3.68. The van der Waals surface area contributed by atoms with Gasteiger partial charge in [-0.3, -0.25) is 9.59 Å². The number of hydrogen-bond acceptors (Lipinski definition) is 5. The molecule has 0 spiro atoms. The van der Waals surface area contributed by atoms with Crippen LogP contribution in [0.15, 0.2) is 23.8 Å². The monoisotopic (exact) mass is 404 g/mol. The van der Waals surface area contributed by atoms with Crippen LogP contribution in [0, 0.1) is 22.7 Å². The summed E-state index contributed by atoms with van der Waals surface area (Å²) in [6, 6.07) is 0. The first kappa shape index (κ1) is 19.6. The number of alkyl halides is 1. The first-order chi connectivity index (χ1) is 13.4. The lowest BCUT2D eigenvalue weighted by atomic mass is 9.45. The predicted molar refractivity (Wildman–Crippen MR) is 103 cm³/mol. The fourth-order valence-corrected chi connectivity index (χ4v) is 7.54. The molecule has 29 heavy (non-hydrogen) atoms. The van der Waals surface area contributed by atoms with Crippen molar-refractivity contribution in [2.75, 3.05) is 0 Å². The van der Waals surface area contributed by atoms with Crippen molar-refractivity contribution >= 4 is 12.1 Å². The maximum absolute atomic E-state index is 17.0. The van der Waals surface area contributed by atoms with Crippen molar-refractivity contribution in [2.45, 2.75) is 82.6 Å². The van der Waals surface area contributed by atoms with E-state index in [1.807, 2.05) is 6.92 Å². The van der Waals surface area contributed by atoms with Gasteiger partial charge in [0.2, 0.25) is 0 Å². The van der Waals surface area contributed by atoms with E-state index in [2.05, 4.69) is 0 Å². The van der Waals surface area contributed by atoms with Gasteiger partial charge in [-0.15, -0.1) is 0 Å². The highest BCUT2D eigenvalue weighted by atomic mass is 19.1. The second kappa shape index (κ2) is 5.45. The molecule has 5 nitrogen and oxygen atoms in total. The minimum Gasteiger partial charge on any atom is -0.390 e. The van der Waals surface area contributed by atoms with Gasteiger partial charge in [0.1, 0.15) is 0 Å². The summed E-state index contributed by atoms with van der Waals surface area (Å²) >= 11 is 0. The molecule has 0 aromatic rings. The molecule has 0 radical (unpaired) electrons. The molecule has 158 valence electrons. The number of aliphatic hydroxyl groups is 1. The Labute approximate surface area is 170 Å². The summed E-state index contributed by atoms with van der Waals surface area (Å²) < 4.78 is 29.3. The lowest BCUT2D eigenvalue weighted by Crippen LogP contribution is -2.68. The predicted octanol–water partition coefficient (Wildman–Crippen LogP) is 3.06. The molecule has 0 unspecified atom stereocenters. The maximum atomic E-state index is 17.0. The van der Waals surface area contributed by atoms with E-state index in [4.69, 9.17) is 9.47 Å². The number of ether oxygens (including phenoxy) is 2. The molecule has 1 heterocycles. The Balaban J connectivity index is 1.62. The summed E-state index contributed by atoms with van der Waals surface area (Å²) in [5.74, 6) is -1.63. The fraction of sp³-hybridized carbons (Fsp3) is 0.739. The van der Waals surface area contributed by atoms with Crippen LogP contribution in [0.4, 0.5) is 4.39 Å². The van der Waals surface area contributed by atoms with Crippen molar-refractivity contribution in [3.8, 4) is 0 Å². The number of ketones is 1. The fourth-order valence-electron chi connectivity index (χ4n) is 7.54. The minimum absolute atomic E-state index is 0.115. The van der Waals surface area contributed by atoms with Crippen molar-refractivity contribution in [1.29, 1.82) is 0 Å². The second-order valence-electron chi connectivity index (χ2n) is 10.5. The van der Waals surface area contributed by atoms with Crippen LogP contribution in [-0.4, -0.2) is 46.4 Å². The number of hydrogen-bond donors (Lipinski definition) is 1. The van der Waals surface area contributed by atoms with Crippen LogP contribution in [0.1, 0.15) is 53.4 Å². The van der Waals surface area contributed by atoms with Crippen molar-refractivity contribution in [2.24, 2.45) is 22.7 Å². The van der Waals surface area contributed by atoms with Crippen molar-refractivity contribution in [3.05, 3.63) is 23.8 Å². The van der Waals surface area contributed by atoms with Crippen LogP contribution >= 0.6 is 0 Å². The molecule has 6 heteroatoms. The topological polar surface area (TPSA) is 72.8 Å². The van der Waals surface area contributed by atoms with E-state index in [1.165, 1.54) is 12.2 Å². The van der Waals surface area contributed by atoms with Crippen molar-refractivity contribution in [1.82, 2.24) is 0 Å². The Morgan fingerprint density at radius 2 is 1.97 bits per heavy atom. The molecule has 5 rings (SSSR count). The number of fused-ring (bicyclic) bond motifs is 7. The molecule has 0 aromatic carbocycles. The zero-order chi connectivity index (χ0) is 21.0. The number of allylic oxidation sites excluding steroid dienone is 4. The Morgan fingerprint density at radius 1 is 1.24 bits per heavy atom. The van der Waals surface area contributed by atoms with Gasteiger partial charge >= 0.3 is 0 Å². The molecule has 0 bridgehead atoms. The molecule has 1 aliphatic heterocycles. The summed E-state index contributed by atoms with van der Waals surface area (Å²) in [6.45, 7) is 7.32. The number of aldehydes is 1.